The summed E-state index contributed by atoms with van der Waals surface area (Å²) in [7, 11) is -1.95. The second kappa shape index (κ2) is 14.6. The van der Waals surface area contributed by atoms with Gasteiger partial charge in [0.25, 0.3) is 0 Å². The number of nitrogens with zero attached hydrogens (tertiary/aromatic N) is 3. The van der Waals surface area contributed by atoms with Crippen molar-refractivity contribution in [1.82, 2.24) is 14.1 Å². The molecule has 1 fully saturated rings. The van der Waals surface area contributed by atoms with Crippen molar-refractivity contribution in [3.05, 3.63) is 88.6 Å². The number of ether oxygens (including phenoxy) is 1. The fourth-order valence-electron chi connectivity index (χ4n) is 5.16. The molecule has 0 bridgehead atoms. The van der Waals surface area contributed by atoms with E-state index in [0.717, 1.165) is 37.2 Å². The van der Waals surface area contributed by atoms with Crippen LogP contribution in [0.4, 0.5) is 4.79 Å². The van der Waals surface area contributed by atoms with E-state index < -0.39 is 22.0 Å². The highest BCUT2D eigenvalue weighted by atomic mass is 32.2. The first-order valence-electron chi connectivity index (χ1n) is 13.8. The lowest BCUT2D eigenvalue weighted by atomic mass is 9.97. The normalized spacial score (nSPS) is 15.5. The van der Waals surface area contributed by atoms with Gasteiger partial charge in [-0.15, -0.1) is 0 Å². The van der Waals surface area contributed by atoms with Gasteiger partial charge in [-0.3, -0.25) is 9.69 Å². The summed E-state index contributed by atoms with van der Waals surface area (Å²) in [6.07, 6.45) is 1.64. The average Bonchev–Trinajstić information content (AvgIpc) is 3.53. The molecule has 1 aliphatic rings. The standard InChI is InChI=1S/C30H38N4O5S2/c1-32(41(37,38)28-10-6-3-7-11-28)20-25(26-15-19-40-23-26)12-16-33-17-13-27(14-18-33)34(21-29(31)35)30(36)39-22-24-8-4-2-5-9-24/h2-11,15,19,23,25,27H,12-14,16-18,20-22H2,1H3,(H2,31,35)/t25-/m1/s1. The van der Waals surface area contributed by atoms with Crippen LogP contribution in [0.1, 0.15) is 36.3 Å². The fourth-order valence-corrected chi connectivity index (χ4v) is 7.14. The molecule has 1 aliphatic heterocycles. The third kappa shape index (κ3) is 8.62. The number of amides is 2. The fraction of sp³-hybridized carbons (Fsp3) is 0.400. The number of carbonyl (C=O) groups is 2. The van der Waals surface area contributed by atoms with Crippen LogP contribution in [-0.2, 0) is 26.2 Å². The smallest absolute Gasteiger partial charge is 0.410 e. The zero-order valence-electron chi connectivity index (χ0n) is 23.3. The van der Waals surface area contributed by atoms with Gasteiger partial charge in [-0.05, 0) is 71.8 Å². The number of hydrogen-bond acceptors (Lipinski definition) is 7. The Hall–Kier alpha value is -3.25. The van der Waals surface area contributed by atoms with E-state index in [2.05, 4.69) is 16.3 Å². The second-order valence-corrected chi connectivity index (χ2v) is 13.2. The first-order valence-corrected chi connectivity index (χ1v) is 16.1. The van der Waals surface area contributed by atoms with Crippen LogP contribution >= 0.6 is 11.3 Å². The number of carbonyl (C=O) groups excluding carboxylic acids is 2. The molecule has 4 rings (SSSR count). The lowest BCUT2D eigenvalue weighted by molar-refractivity contribution is -0.119. The summed E-state index contributed by atoms with van der Waals surface area (Å²) in [6.45, 7) is 2.62. The van der Waals surface area contributed by atoms with Crippen molar-refractivity contribution < 1.29 is 22.7 Å². The molecule has 2 N–H and O–H groups in total. The second-order valence-electron chi connectivity index (χ2n) is 10.3. The molecule has 0 radical (unpaired) electrons. The predicted octanol–water partition coefficient (Wildman–Crippen LogP) is 4.13. The monoisotopic (exact) mass is 598 g/mol. The molecule has 220 valence electrons. The number of thiophene rings is 1. The molecule has 1 aromatic heterocycles. The highest BCUT2D eigenvalue weighted by Gasteiger charge is 2.31. The van der Waals surface area contributed by atoms with E-state index in [-0.39, 0.29) is 30.0 Å². The first kappa shape index (κ1) is 30.7. The summed E-state index contributed by atoms with van der Waals surface area (Å²) in [5, 5.41) is 4.10. The summed E-state index contributed by atoms with van der Waals surface area (Å²) in [6, 6.07) is 19.8. The number of piperidine rings is 1. The molecule has 2 aromatic carbocycles. The molecule has 1 atom stereocenters. The summed E-state index contributed by atoms with van der Waals surface area (Å²) in [5.74, 6) is -0.529. The summed E-state index contributed by atoms with van der Waals surface area (Å²) < 4.78 is 33.2. The van der Waals surface area contributed by atoms with Gasteiger partial charge in [-0.1, -0.05) is 48.5 Å². The Morgan fingerprint density at radius 1 is 1.05 bits per heavy atom. The Kier molecular flexibility index (Phi) is 10.9. The van der Waals surface area contributed by atoms with E-state index in [4.69, 9.17) is 10.5 Å². The largest absolute Gasteiger partial charge is 0.445 e. The number of likely N-dealkylation sites (tertiary alicyclic amines) is 1. The molecule has 1 saturated heterocycles. The molecular weight excluding hydrogens is 560 g/mol. The van der Waals surface area contributed by atoms with Crippen LogP contribution < -0.4 is 5.73 Å². The third-order valence-electron chi connectivity index (χ3n) is 7.50. The van der Waals surface area contributed by atoms with Crippen LogP contribution in [0, 0.1) is 0 Å². The molecule has 2 amide bonds. The lowest BCUT2D eigenvalue weighted by Crippen LogP contribution is -2.50. The van der Waals surface area contributed by atoms with E-state index >= 15 is 0 Å². The van der Waals surface area contributed by atoms with Gasteiger partial charge in [0.05, 0.1) is 4.90 Å². The number of nitrogens with two attached hydrogens (primary N) is 1. The highest BCUT2D eigenvalue weighted by molar-refractivity contribution is 7.89. The van der Waals surface area contributed by atoms with Gasteiger partial charge in [0.15, 0.2) is 0 Å². The van der Waals surface area contributed by atoms with Gasteiger partial charge in [-0.25, -0.2) is 17.5 Å². The SMILES string of the molecule is CN(C[C@@H](CCN1CCC(N(CC(N)=O)C(=O)OCc2ccccc2)CC1)c1ccsc1)S(=O)(=O)c1ccccc1. The quantitative estimate of drug-likeness (QED) is 0.317. The van der Waals surface area contributed by atoms with Crippen molar-refractivity contribution >= 4 is 33.4 Å². The Bertz CT molecular complexity index is 1350. The minimum atomic E-state index is -3.59. The van der Waals surface area contributed by atoms with Crippen LogP contribution in [-0.4, -0.2) is 80.3 Å². The van der Waals surface area contributed by atoms with Crippen molar-refractivity contribution in [2.24, 2.45) is 5.73 Å². The zero-order chi connectivity index (χ0) is 29.2. The van der Waals surface area contributed by atoms with Crippen LogP contribution in [0.25, 0.3) is 0 Å². The summed E-state index contributed by atoms with van der Waals surface area (Å²) in [5.41, 5.74) is 7.47. The van der Waals surface area contributed by atoms with Crippen LogP contribution in [0.5, 0.6) is 0 Å². The maximum atomic E-state index is 13.1. The maximum Gasteiger partial charge on any atom is 0.410 e. The van der Waals surface area contributed by atoms with Gasteiger partial charge in [0, 0.05) is 32.7 Å². The van der Waals surface area contributed by atoms with Gasteiger partial charge < -0.3 is 15.4 Å². The molecule has 3 aromatic rings. The Morgan fingerprint density at radius 3 is 2.32 bits per heavy atom. The van der Waals surface area contributed by atoms with Crippen LogP contribution in [0.15, 0.2) is 82.4 Å². The minimum absolute atomic E-state index is 0.0433. The molecule has 2 heterocycles. The predicted molar refractivity (Wildman–Crippen MR) is 160 cm³/mol. The topological polar surface area (TPSA) is 113 Å². The molecule has 0 saturated carbocycles. The molecule has 41 heavy (non-hydrogen) atoms. The number of benzene rings is 2. The van der Waals surface area contributed by atoms with Crippen molar-refractivity contribution in [1.29, 1.82) is 0 Å². The third-order valence-corrected chi connectivity index (χ3v) is 10.0. The Balaban J connectivity index is 1.32. The van der Waals surface area contributed by atoms with Crippen molar-refractivity contribution in [3.63, 3.8) is 0 Å². The Labute approximate surface area is 246 Å². The van der Waals surface area contributed by atoms with Crippen LogP contribution in [0.3, 0.4) is 0 Å². The highest BCUT2D eigenvalue weighted by Crippen LogP contribution is 2.27. The zero-order valence-corrected chi connectivity index (χ0v) is 24.9. The summed E-state index contributed by atoms with van der Waals surface area (Å²) in [4.78, 5) is 28.7. The van der Waals surface area contributed by atoms with Crippen molar-refractivity contribution in [2.75, 3.05) is 39.8 Å². The summed E-state index contributed by atoms with van der Waals surface area (Å²) >= 11 is 1.61. The van der Waals surface area contributed by atoms with E-state index in [1.165, 1.54) is 9.21 Å². The first-order chi connectivity index (χ1) is 19.7. The van der Waals surface area contributed by atoms with Gasteiger partial charge in [0.1, 0.15) is 13.2 Å². The Morgan fingerprint density at radius 2 is 1.71 bits per heavy atom. The molecule has 11 heteroatoms. The molecular formula is C30H38N4O5S2. The van der Waals surface area contributed by atoms with E-state index in [1.807, 2.05) is 35.7 Å². The van der Waals surface area contributed by atoms with Gasteiger partial charge in [0.2, 0.25) is 15.9 Å². The number of sulfonamides is 1. The molecule has 0 spiro atoms. The molecule has 0 aliphatic carbocycles. The lowest BCUT2D eigenvalue weighted by Gasteiger charge is -2.38. The van der Waals surface area contributed by atoms with E-state index in [9.17, 15) is 18.0 Å². The number of hydrogen-bond donors (Lipinski definition) is 1. The van der Waals surface area contributed by atoms with Crippen molar-refractivity contribution in [2.45, 2.75) is 42.7 Å². The van der Waals surface area contributed by atoms with Crippen LogP contribution in [0.2, 0.25) is 0 Å². The number of rotatable bonds is 13. The molecule has 9 nitrogen and oxygen atoms in total. The van der Waals surface area contributed by atoms with E-state index in [0.29, 0.717) is 19.4 Å². The number of likely N-dealkylation sites (N-methyl/N-ethyl adjacent to an activating group) is 1. The minimum Gasteiger partial charge on any atom is -0.445 e. The van der Waals surface area contributed by atoms with Gasteiger partial charge >= 0.3 is 6.09 Å². The number of primary amides is 1. The average molecular weight is 599 g/mol. The van der Waals surface area contributed by atoms with Gasteiger partial charge in [-0.2, -0.15) is 11.3 Å². The van der Waals surface area contributed by atoms with E-state index in [1.54, 1.807) is 48.7 Å². The molecule has 0 unspecified atom stereocenters. The van der Waals surface area contributed by atoms with Crippen molar-refractivity contribution in [3.8, 4) is 0 Å². The maximum absolute atomic E-state index is 13.1.